The molecular formula is C21H31IN6O. The van der Waals surface area contributed by atoms with Crippen LogP contribution in [0.2, 0.25) is 0 Å². The van der Waals surface area contributed by atoms with E-state index in [-0.39, 0.29) is 29.9 Å². The fourth-order valence-electron chi connectivity index (χ4n) is 3.17. The predicted molar refractivity (Wildman–Crippen MR) is 128 cm³/mol. The number of aryl methyl sites for hydroxylation is 1. The van der Waals surface area contributed by atoms with E-state index in [0.29, 0.717) is 18.9 Å². The maximum atomic E-state index is 5.28. The number of para-hydroxylation sites is 1. The Hall–Kier alpha value is -2.10. The lowest BCUT2D eigenvalue weighted by Gasteiger charge is -2.11. The van der Waals surface area contributed by atoms with Crippen molar-refractivity contribution in [2.45, 2.75) is 46.5 Å². The van der Waals surface area contributed by atoms with E-state index in [0.717, 1.165) is 31.3 Å². The summed E-state index contributed by atoms with van der Waals surface area (Å²) < 4.78 is 5.28. The molecule has 3 N–H and O–H groups in total. The van der Waals surface area contributed by atoms with Crippen LogP contribution in [0, 0.1) is 6.92 Å². The number of aromatic amines is 1. The summed E-state index contributed by atoms with van der Waals surface area (Å²) in [6, 6.07) is 8.43. The minimum absolute atomic E-state index is 0. The van der Waals surface area contributed by atoms with Crippen LogP contribution in [-0.2, 0) is 12.8 Å². The van der Waals surface area contributed by atoms with E-state index in [2.05, 4.69) is 82.7 Å². The number of hydrogen-bond acceptors (Lipinski definition) is 4. The summed E-state index contributed by atoms with van der Waals surface area (Å²) in [7, 11) is 0. The SMILES string of the molecule is CCNC(=NCCc1nc(C(C)C)no1)NCCc1c(C)[nH]c2ccccc12.I. The van der Waals surface area contributed by atoms with Crippen LogP contribution in [0.1, 0.15) is 49.7 Å². The maximum Gasteiger partial charge on any atom is 0.228 e. The Bertz CT molecular complexity index is 930. The molecule has 0 aliphatic rings. The van der Waals surface area contributed by atoms with Crippen LogP contribution in [-0.4, -0.2) is 40.7 Å². The van der Waals surface area contributed by atoms with Crippen LogP contribution in [0.3, 0.4) is 0 Å². The van der Waals surface area contributed by atoms with Crippen molar-refractivity contribution in [1.29, 1.82) is 0 Å². The molecule has 0 saturated carbocycles. The number of nitrogens with zero attached hydrogens (tertiary/aromatic N) is 3. The van der Waals surface area contributed by atoms with Gasteiger partial charge in [-0.15, -0.1) is 24.0 Å². The third-order valence-corrected chi connectivity index (χ3v) is 4.63. The predicted octanol–water partition coefficient (Wildman–Crippen LogP) is 3.94. The number of rotatable bonds is 8. The molecular weight excluding hydrogens is 479 g/mol. The first kappa shape index (κ1) is 23.2. The third kappa shape index (κ3) is 6.19. The van der Waals surface area contributed by atoms with E-state index in [4.69, 9.17) is 4.52 Å². The standard InChI is InChI=1S/C21H30N6O.HI/c1-5-22-21(24-13-11-19-26-20(14(2)3)27-28-19)23-12-10-16-15(4)25-18-9-7-6-8-17(16)18;/h6-9,14,25H,5,10-13H2,1-4H3,(H2,22,23,24);1H. The van der Waals surface area contributed by atoms with Gasteiger partial charge in [-0.1, -0.05) is 37.2 Å². The summed E-state index contributed by atoms with van der Waals surface area (Å²) in [6.45, 7) is 10.5. The fourth-order valence-corrected chi connectivity index (χ4v) is 3.17. The molecule has 3 aromatic rings. The van der Waals surface area contributed by atoms with E-state index in [1.165, 1.54) is 22.2 Å². The third-order valence-electron chi connectivity index (χ3n) is 4.63. The number of benzene rings is 1. The van der Waals surface area contributed by atoms with Crippen LogP contribution >= 0.6 is 24.0 Å². The van der Waals surface area contributed by atoms with E-state index in [1.54, 1.807) is 0 Å². The molecule has 1 aromatic carbocycles. The molecule has 0 unspecified atom stereocenters. The molecule has 3 rings (SSSR count). The summed E-state index contributed by atoms with van der Waals surface area (Å²) in [5.74, 6) is 2.47. The van der Waals surface area contributed by atoms with E-state index in [9.17, 15) is 0 Å². The minimum atomic E-state index is 0. The topological polar surface area (TPSA) is 91.1 Å². The number of H-pyrrole nitrogens is 1. The fraction of sp³-hybridized carbons (Fsp3) is 0.476. The second kappa shape index (κ2) is 11.2. The molecule has 0 radical (unpaired) electrons. The quantitative estimate of drug-likeness (QED) is 0.243. The van der Waals surface area contributed by atoms with Gasteiger partial charge in [0.25, 0.3) is 0 Å². The molecule has 0 bridgehead atoms. The average Bonchev–Trinajstić information content (AvgIpc) is 3.26. The van der Waals surface area contributed by atoms with Crippen LogP contribution < -0.4 is 10.6 Å². The lowest BCUT2D eigenvalue weighted by molar-refractivity contribution is 0.372. The van der Waals surface area contributed by atoms with Gasteiger partial charge in [0.2, 0.25) is 5.89 Å². The zero-order valence-corrected chi connectivity index (χ0v) is 19.9. The number of fused-ring (bicyclic) bond motifs is 1. The zero-order chi connectivity index (χ0) is 19.9. The Morgan fingerprint density at radius 1 is 1.21 bits per heavy atom. The number of aromatic nitrogens is 3. The van der Waals surface area contributed by atoms with Gasteiger partial charge in [-0.25, -0.2) is 0 Å². The molecule has 2 aromatic heterocycles. The van der Waals surface area contributed by atoms with Gasteiger partial charge in [-0.3, -0.25) is 4.99 Å². The number of guanidine groups is 1. The van der Waals surface area contributed by atoms with Crippen molar-refractivity contribution in [2.75, 3.05) is 19.6 Å². The highest BCUT2D eigenvalue weighted by molar-refractivity contribution is 14.0. The summed E-state index contributed by atoms with van der Waals surface area (Å²) in [6.07, 6.45) is 1.57. The minimum Gasteiger partial charge on any atom is -0.358 e. The van der Waals surface area contributed by atoms with Crippen molar-refractivity contribution in [1.82, 2.24) is 25.8 Å². The number of hydrogen-bond donors (Lipinski definition) is 3. The van der Waals surface area contributed by atoms with Gasteiger partial charge in [-0.05, 0) is 31.9 Å². The normalized spacial score (nSPS) is 11.7. The number of aliphatic imine (C=N–C) groups is 1. The maximum absolute atomic E-state index is 5.28. The summed E-state index contributed by atoms with van der Waals surface area (Å²) in [4.78, 5) is 12.5. The Morgan fingerprint density at radius 2 is 2.00 bits per heavy atom. The average molecular weight is 510 g/mol. The van der Waals surface area contributed by atoms with Gasteiger partial charge < -0.3 is 20.1 Å². The first-order valence-corrected chi connectivity index (χ1v) is 9.99. The Morgan fingerprint density at radius 3 is 2.72 bits per heavy atom. The van der Waals surface area contributed by atoms with Crippen LogP contribution in [0.5, 0.6) is 0 Å². The summed E-state index contributed by atoms with van der Waals surface area (Å²) in [5.41, 5.74) is 3.77. The highest BCUT2D eigenvalue weighted by atomic mass is 127. The van der Waals surface area contributed by atoms with Crippen molar-refractivity contribution in [3.63, 3.8) is 0 Å². The number of halogens is 1. The summed E-state index contributed by atoms with van der Waals surface area (Å²) in [5, 5.41) is 12.0. The van der Waals surface area contributed by atoms with Gasteiger partial charge in [-0.2, -0.15) is 4.98 Å². The molecule has 158 valence electrons. The largest absolute Gasteiger partial charge is 0.358 e. The van der Waals surface area contributed by atoms with Crippen molar-refractivity contribution in [3.05, 3.63) is 47.2 Å². The Labute approximate surface area is 189 Å². The summed E-state index contributed by atoms with van der Waals surface area (Å²) >= 11 is 0. The first-order valence-electron chi connectivity index (χ1n) is 9.99. The van der Waals surface area contributed by atoms with Gasteiger partial charge >= 0.3 is 0 Å². The number of nitrogens with one attached hydrogen (secondary N) is 3. The molecule has 0 atom stereocenters. The van der Waals surface area contributed by atoms with Crippen LogP contribution in [0.25, 0.3) is 10.9 Å². The molecule has 29 heavy (non-hydrogen) atoms. The van der Waals surface area contributed by atoms with Crippen LogP contribution in [0.15, 0.2) is 33.8 Å². The van der Waals surface area contributed by atoms with Crippen molar-refractivity contribution in [2.24, 2.45) is 4.99 Å². The second-order valence-electron chi connectivity index (χ2n) is 7.16. The van der Waals surface area contributed by atoms with Crippen molar-refractivity contribution in [3.8, 4) is 0 Å². The smallest absolute Gasteiger partial charge is 0.228 e. The monoisotopic (exact) mass is 510 g/mol. The van der Waals surface area contributed by atoms with E-state index >= 15 is 0 Å². The van der Waals surface area contributed by atoms with Gasteiger partial charge in [0, 0.05) is 42.0 Å². The molecule has 0 aliphatic heterocycles. The molecule has 7 nitrogen and oxygen atoms in total. The molecule has 0 spiro atoms. The lowest BCUT2D eigenvalue weighted by atomic mass is 10.1. The zero-order valence-electron chi connectivity index (χ0n) is 17.6. The molecule has 2 heterocycles. The Kier molecular flexibility index (Phi) is 8.94. The molecule has 0 amide bonds. The van der Waals surface area contributed by atoms with Gasteiger partial charge in [0.05, 0.1) is 6.54 Å². The highest BCUT2D eigenvalue weighted by Gasteiger charge is 2.10. The molecule has 0 aliphatic carbocycles. The molecule has 0 saturated heterocycles. The molecule has 0 fully saturated rings. The molecule has 8 heteroatoms. The van der Waals surface area contributed by atoms with E-state index < -0.39 is 0 Å². The van der Waals surface area contributed by atoms with Gasteiger partial charge in [0.1, 0.15) is 0 Å². The van der Waals surface area contributed by atoms with E-state index in [1.807, 2.05) is 0 Å². The Balaban J connectivity index is 0.00000300. The van der Waals surface area contributed by atoms with Crippen molar-refractivity contribution < 1.29 is 4.52 Å². The van der Waals surface area contributed by atoms with Crippen molar-refractivity contribution >= 4 is 40.8 Å². The van der Waals surface area contributed by atoms with Crippen LogP contribution in [0.4, 0.5) is 0 Å². The lowest BCUT2D eigenvalue weighted by Crippen LogP contribution is -2.38. The van der Waals surface area contributed by atoms with Gasteiger partial charge in [0.15, 0.2) is 11.8 Å². The second-order valence-corrected chi connectivity index (χ2v) is 7.16. The first-order chi connectivity index (χ1) is 13.6. The highest BCUT2D eigenvalue weighted by Crippen LogP contribution is 2.21.